The van der Waals surface area contributed by atoms with E-state index in [1.54, 1.807) is 12.1 Å². The van der Waals surface area contributed by atoms with E-state index in [0.29, 0.717) is 36.8 Å². The Morgan fingerprint density at radius 1 is 1.04 bits per heavy atom. The van der Waals surface area contributed by atoms with Crippen LogP contribution in [0.1, 0.15) is 119 Å². The largest absolute Gasteiger partial charge is 0.481 e. The number of aliphatic hydroxyl groups excluding tert-OH is 1. The molecule has 270 valence electrons. The van der Waals surface area contributed by atoms with Gasteiger partial charge in [-0.15, -0.1) is 0 Å². The summed E-state index contributed by atoms with van der Waals surface area (Å²) in [6.45, 7) is 5.85. The third-order valence-electron chi connectivity index (χ3n) is 12.2. The molecule has 6 atom stereocenters. The number of aliphatic carboxylic acids is 1. The fraction of sp³-hybridized carbons (Fsp3) is 0.641. The molecule has 11 heteroatoms. The van der Waals surface area contributed by atoms with Gasteiger partial charge in [0, 0.05) is 48.5 Å². The van der Waals surface area contributed by atoms with Crippen LogP contribution in [-0.4, -0.2) is 71.6 Å². The summed E-state index contributed by atoms with van der Waals surface area (Å²) < 4.78 is 16.3. The lowest BCUT2D eigenvalue weighted by Crippen LogP contribution is -2.55. The molecule has 3 fully saturated rings. The molecule has 4 N–H and O–H groups in total. The lowest BCUT2D eigenvalue weighted by Gasteiger charge is -2.49. The smallest absolute Gasteiger partial charge is 0.306 e. The van der Waals surface area contributed by atoms with Crippen molar-refractivity contribution in [1.29, 1.82) is 0 Å². The van der Waals surface area contributed by atoms with E-state index < -0.39 is 5.97 Å². The molecule has 1 saturated carbocycles. The van der Waals surface area contributed by atoms with Gasteiger partial charge in [0.1, 0.15) is 11.6 Å². The Morgan fingerprint density at radius 3 is 2.50 bits per heavy atom. The summed E-state index contributed by atoms with van der Waals surface area (Å²) in [7, 11) is 0. The van der Waals surface area contributed by atoms with Gasteiger partial charge in [-0.05, 0) is 114 Å². The van der Waals surface area contributed by atoms with Crippen LogP contribution in [0.15, 0.2) is 36.7 Å². The zero-order valence-electron chi connectivity index (χ0n) is 29.6. The molecular weight excluding hydrogens is 633 g/mol. The lowest BCUT2D eigenvalue weighted by molar-refractivity contribution is -0.143. The molecule has 7 rings (SSSR count). The highest BCUT2D eigenvalue weighted by Gasteiger charge is 2.39. The zero-order valence-corrected chi connectivity index (χ0v) is 29.6. The maximum atomic E-state index is 14.4. The van der Waals surface area contributed by atoms with Gasteiger partial charge >= 0.3 is 5.97 Å². The number of rotatable bonds is 12. The summed E-state index contributed by atoms with van der Waals surface area (Å²) in [5, 5.41) is 32.5. The quantitative estimate of drug-likeness (QED) is 0.164. The number of nitrogens with zero attached hydrogens (tertiary/aromatic N) is 5. The second-order valence-corrected chi connectivity index (χ2v) is 15.3. The van der Waals surface area contributed by atoms with Crippen LogP contribution in [0.2, 0.25) is 0 Å². The average Bonchev–Trinajstić information content (AvgIpc) is 3.60. The van der Waals surface area contributed by atoms with Gasteiger partial charge in [0.15, 0.2) is 0 Å². The number of aryl methyl sites for hydroxylation is 2. The second kappa shape index (κ2) is 15.4. The van der Waals surface area contributed by atoms with E-state index in [4.69, 9.17) is 9.97 Å². The standard InChI is InChI=1S/C39H54FN7O3/c1-3-34(24-11-13-25(14-12-24)38(49)50)43-39-44-35-16-15-27(26-7-5-8-29(40)17-26)18-33(35)37(45-39)42-36(28-21-41-46(4-2)22-28)23-47-30-9-6-10-31(47)20-32(48)19-30/h5,7-8,17,21-22,24-25,27,30-32,34,36,48H,3-4,6,9-16,18-20,23H2,1-2H3,(H,49,50)(H2,42,43,44,45)/t24?,25?,27-,30-,31+,32?,34-,36+/m1/s1. The molecule has 1 unspecified atom stereocenters. The van der Waals surface area contributed by atoms with Crippen LogP contribution in [0.25, 0.3) is 0 Å². The van der Waals surface area contributed by atoms with Gasteiger partial charge in [-0.3, -0.25) is 14.4 Å². The van der Waals surface area contributed by atoms with E-state index in [9.17, 15) is 19.4 Å². The lowest BCUT2D eigenvalue weighted by atomic mass is 9.78. The molecule has 2 aliphatic heterocycles. The van der Waals surface area contributed by atoms with Crippen molar-refractivity contribution in [2.24, 2.45) is 11.8 Å². The highest BCUT2D eigenvalue weighted by Crippen LogP contribution is 2.40. The average molecular weight is 688 g/mol. The van der Waals surface area contributed by atoms with Gasteiger partial charge in [0.2, 0.25) is 5.95 Å². The molecular formula is C39H54FN7O3. The molecule has 2 aromatic heterocycles. The first-order valence-electron chi connectivity index (χ1n) is 19.1. The van der Waals surface area contributed by atoms with Crippen LogP contribution in [0, 0.1) is 17.7 Å². The fourth-order valence-electron chi connectivity index (χ4n) is 9.42. The number of aliphatic hydroxyl groups is 1. The molecule has 4 heterocycles. The summed E-state index contributed by atoms with van der Waals surface area (Å²) in [6, 6.07) is 7.78. The molecule has 0 spiro atoms. The zero-order chi connectivity index (χ0) is 34.8. The van der Waals surface area contributed by atoms with E-state index in [1.807, 2.05) is 16.9 Å². The minimum absolute atomic E-state index is 0.0803. The maximum absolute atomic E-state index is 14.4. The Balaban J connectivity index is 1.21. The summed E-state index contributed by atoms with van der Waals surface area (Å²) in [5.74, 6) is 0.822. The van der Waals surface area contributed by atoms with Gasteiger partial charge in [-0.1, -0.05) is 25.5 Å². The molecule has 4 aliphatic rings. The number of carbonyl (C=O) groups is 1. The molecule has 2 bridgehead atoms. The number of anilines is 2. The van der Waals surface area contributed by atoms with Crippen LogP contribution in [0.5, 0.6) is 0 Å². The number of fused-ring (bicyclic) bond motifs is 3. The number of benzene rings is 1. The fourth-order valence-corrected chi connectivity index (χ4v) is 9.42. The molecule has 3 aromatic rings. The van der Waals surface area contributed by atoms with E-state index in [2.05, 4.69) is 40.7 Å². The van der Waals surface area contributed by atoms with Crippen molar-refractivity contribution >= 4 is 17.7 Å². The summed E-state index contributed by atoms with van der Waals surface area (Å²) >= 11 is 0. The normalized spacial score (nSPS) is 28.0. The van der Waals surface area contributed by atoms with Crippen molar-refractivity contribution in [2.45, 2.75) is 140 Å². The highest BCUT2D eigenvalue weighted by atomic mass is 19.1. The van der Waals surface area contributed by atoms with Crippen molar-refractivity contribution in [3.05, 3.63) is 64.9 Å². The van der Waals surface area contributed by atoms with Gasteiger partial charge in [-0.25, -0.2) is 9.37 Å². The number of carboxylic acids is 1. The van der Waals surface area contributed by atoms with Gasteiger partial charge < -0.3 is 20.8 Å². The van der Waals surface area contributed by atoms with Crippen LogP contribution in [-0.2, 0) is 24.2 Å². The SMILES string of the molecule is CC[C@@H](Nc1nc2c(c(N[C@@H](CN3[C@@H]4CCC[C@H]3CC(O)C4)c3cnn(CC)c3)n1)C[C@H](c1cccc(F)c1)CC2)C1CCC(C(=O)O)CC1. The first-order valence-corrected chi connectivity index (χ1v) is 19.1. The van der Waals surface area contributed by atoms with Crippen molar-refractivity contribution in [2.75, 3.05) is 17.2 Å². The molecule has 2 saturated heterocycles. The Bertz CT molecular complexity index is 1610. The third kappa shape index (κ3) is 7.68. The minimum Gasteiger partial charge on any atom is -0.481 e. The number of nitrogens with one attached hydrogen (secondary N) is 2. The third-order valence-corrected chi connectivity index (χ3v) is 12.2. The van der Waals surface area contributed by atoms with Gasteiger partial charge in [0.25, 0.3) is 0 Å². The van der Waals surface area contributed by atoms with Crippen molar-refractivity contribution in [3.8, 4) is 0 Å². The van der Waals surface area contributed by atoms with Gasteiger partial charge in [0.05, 0.1) is 30.0 Å². The second-order valence-electron chi connectivity index (χ2n) is 15.3. The Morgan fingerprint density at radius 2 is 1.82 bits per heavy atom. The van der Waals surface area contributed by atoms with E-state index in [0.717, 1.165) is 105 Å². The molecule has 0 radical (unpaired) electrons. The van der Waals surface area contributed by atoms with Crippen LogP contribution in [0.3, 0.4) is 0 Å². The van der Waals surface area contributed by atoms with E-state index in [1.165, 1.54) is 12.5 Å². The van der Waals surface area contributed by atoms with Gasteiger partial charge in [-0.2, -0.15) is 10.1 Å². The maximum Gasteiger partial charge on any atom is 0.306 e. The van der Waals surface area contributed by atoms with Crippen LogP contribution < -0.4 is 10.6 Å². The molecule has 1 aromatic carbocycles. The summed E-state index contributed by atoms with van der Waals surface area (Å²) in [4.78, 5) is 24.6. The highest BCUT2D eigenvalue weighted by molar-refractivity contribution is 5.70. The predicted octanol–water partition coefficient (Wildman–Crippen LogP) is 6.72. The molecule has 0 amide bonds. The monoisotopic (exact) mass is 687 g/mol. The topological polar surface area (TPSA) is 128 Å². The van der Waals surface area contributed by atoms with Crippen LogP contribution >= 0.6 is 0 Å². The van der Waals surface area contributed by atoms with Crippen molar-refractivity contribution in [1.82, 2.24) is 24.6 Å². The number of hydrogen-bond acceptors (Lipinski definition) is 8. The van der Waals surface area contributed by atoms with E-state index in [-0.39, 0.29) is 35.8 Å². The first-order chi connectivity index (χ1) is 24.3. The predicted molar refractivity (Wildman–Crippen MR) is 192 cm³/mol. The molecule has 50 heavy (non-hydrogen) atoms. The van der Waals surface area contributed by atoms with Crippen LogP contribution in [0.4, 0.5) is 16.2 Å². The Kier molecular flexibility index (Phi) is 10.7. The van der Waals surface area contributed by atoms with Crippen molar-refractivity contribution < 1.29 is 19.4 Å². The number of aromatic nitrogens is 4. The Hall–Kier alpha value is -3.57. The summed E-state index contributed by atoms with van der Waals surface area (Å²) in [6.07, 6.45) is 15.4. The Labute approximate surface area is 295 Å². The minimum atomic E-state index is -0.682. The van der Waals surface area contributed by atoms with Crippen molar-refractivity contribution in [3.63, 3.8) is 0 Å². The number of halogens is 1. The number of piperidine rings is 2. The number of hydrogen-bond donors (Lipinski definition) is 4. The molecule has 2 aliphatic carbocycles. The molecule has 10 nitrogen and oxygen atoms in total. The first kappa shape index (κ1) is 34.9. The number of carboxylic acid groups (broad SMARTS) is 1. The summed E-state index contributed by atoms with van der Waals surface area (Å²) in [5.41, 5.74) is 4.24. The van der Waals surface area contributed by atoms with E-state index >= 15 is 0 Å².